The van der Waals surface area contributed by atoms with Crippen molar-refractivity contribution in [2.24, 2.45) is 17.6 Å². The molecule has 10 heteroatoms. The molecule has 7 nitrogen and oxygen atoms in total. The zero-order valence-electron chi connectivity index (χ0n) is 15.8. The van der Waals surface area contributed by atoms with E-state index in [1.165, 1.54) is 34.6 Å². The second-order valence-electron chi connectivity index (χ2n) is 6.89. The van der Waals surface area contributed by atoms with Crippen LogP contribution in [0.1, 0.15) is 11.1 Å². The third-order valence-electron chi connectivity index (χ3n) is 5.05. The Kier molecular flexibility index (Phi) is 6.59. The van der Waals surface area contributed by atoms with Gasteiger partial charge in [0, 0.05) is 30.1 Å². The molecular formula is C20H18ClFN4O3S. The highest BCUT2D eigenvalue weighted by Crippen LogP contribution is 2.31. The average Bonchev–Trinajstić information content (AvgIpc) is 3.16. The molecule has 0 spiro atoms. The maximum atomic E-state index is 13.8. The van der Waals surface area contributed by atoms with Gasteiger partial charge in [0.05, 0.1) is 17.7 Å². The summed E-state index contributed by atoms with van der Waals surface area (Å²) < 4.78 is 46.9. The van der Waals surface area contributed by atoms with Gasteiger partial charge in [-0.3, -0.25) is 0 Å². The summed E-state index contributed by atoms with van der Waals surface area (Å²) in [5.74, 6) is -0.831. The smallest absolute Gasteiger partial charge is 0.244 e. The molecule has 0 aromatic heterocycles. The first kappa shape index (κ1) is 22.0. The summed E-state index contributed by atoms with van der Waals surface area (Å²) in [6.07, 6.45) is 0. The maximum Gasteiger partial charge on any atom is 0.244 e. The first-order chi connectivity index (χ1) is 14.3. The van der Waals surface area contributed by atoms with Crippen molar-refractivity contribution in [2.75, 3.05) is 26.2 Å². The summed E-state index contributed by atoms with van der Waals surface area (Å²) in [4.78, 5) is -0.110. The van der Waals surface area contributed by atoms with Crippen LogP contribution in [0.15, 0.2) is 41.3 Å². The van der Waals surface area contributed by atoms with Crippen LogP contribution in [0.25, 0.3) is 0 Å². The first-order valence-electron chi connectivity index (χ1n) is 9.02. The molecular weight excluding hydrogens is 431 g/mol. The number of ether oxygens (including phenoxy) is 1. The highest BCUT2D eigenvalue weighted by Gasteiger charge is 2.40. The Morgan fingerprint density at radius 2 is 1.83 bits per heavy atom. The molecule has 0 saturated carbocycles. The van der Waals surface area contributed by atoms with Crippen LogP contribution in [0.4, 0.5) is 4.39 Å². The fourth-order valence-electron chi connectivity index (χ4n) is 3.38. The van der Waals surface area contributed by atoms with Gasteiger partial charge >= 0.3 is 0 Å². The molecule has 0 amide bonds. The van der Waals surface area contributed by atoms with E-state index in [2.05, 4.69) is 0 Å². The molecule has 30 heavy (non-hydrogen) atoms. The number of rotatable bonds is 6. The summed E-state index contributed by atoms with van der Waals surface area (Å²) >= 11 is 5.87. The topological polar surface area (TPSA) is 120 Å². The average molecular weight is 449 g/mol. The number of nitriles is 2. The number of nitrogens with two attached hydrogens (primary N) is 1. The Morgan fingerprint density at radius 3 is 2.47 bits per heavy atom. The van der Waals surface area contributed by atoms with Gasteiger partial charge in [0.2, 0.25) is 10.0 Å². The molecule has 3 rings (SSSR count). The van der Waals surface area contributed by atoms with Gasteiger partial charge < -0.3 is 10.5 Å². The van der Waals surface area contributed by atoms with Crippen molar-refractivity contribution in [1.29, 1.82) is 10.5 Å². The predicted molar refractivity (Wildman–Crippen MR) is 108 cm³/mol. The van der Waals surface area contributed by atoms with Crippen molar-refractivity contribution in [1.82, 2.24) is 4.31 Å². The minimum atomic E-state index is -3.93. The maximum absolute atomic E-state index is 13.8. The molecule has 1 unspecified atom stereocenters. The van der Waals surface area contributed by atoms with Gasteiger partial charge in [-0.05, 0) is 42.8 Å². The molecule has 1 heterocycles. The lowest BCUT2D eigenvalue weighted by atomic mass is 9.97. The van der Waals surface area contributed by atoms with Gasteiger partial charge in [-0.25, -0.2) is 12.8 Å². The molecule has 1 saturated heterocycles. The van der Waals surface area contributed by atoms with Crippen molar-refractivity contribution in [2.45, 2.75) is 4.90 Å². The van der Waals surface area contributed by atoms with E-state index in [4.69, 9.17) is 27.3 Å². The minimum Gasteiger partial charge on any atom is -0.493 e. The lowest BCUT2D eigenvalue weighted by Crippen LogP contribution is -2.30. The third kappa shape index (κ3) is 4.40. The molecule has 0 radical (unpaired) electrons. The third-order valence-corrected chi connectivity index (χ3v) is 7.18. The molecule has 0 aliphatic carbocycles. The lowest BCUT2D eigenvalue weighted by Gasteiger charge is -2.18. The van der Waals surface area contributed by atoms with Crippen LogP contribution >= 0.6 is 11.6 Å². The van der Waals surface area contributed by atoms with E-state index in [9.17, 15) is 18.1 Å². The summed E-state index contributed by atoms with van der Waals surface area (Å²) in [7, 11) is -3.93. The molecule has 1 aliphatic rings. The SMILES string of the molecule is N#Cc1ccc(OC[C@H]2CN(S(=O)(=O)c3ccc(Cl)cc3C#N)CC2CN)cc1F. The lowest BCUT2D eigenvalue weighted by molar-refractivity contribution is 0.226. The van der Waals surface area contributed by atoms with E-state index in [1.54, 1.807) is 6.07 Å². The Balaban J connectivity index is 1.77. The van der Waals surface area contributed by atoms with E-state index in [0.717, 1.165) is 6.07 Å². The number of sulfonamides is 1. The number of benzene rings is 2. The molecule has 1 fully saturated rings. The summed E-state index contributed by atoms with van der Waals surface area (Å²) in [5.41, 5.74) is 5.72. The van der Waals surface area contributed by atoms with Gasteiger partial charge in [0.1, 0.15) is 28.6 Å². The summed E-state index contributed by atoms with van der Waals surface area (Å²) in [5, 5.41) is 18.4. The van der Waals surface area contributed by atoms with Gasteiger partial charge in [0.15, 0.2) is 0 Å². The highest BCUT2D eigenvalue weighted by atomic mass is 35.5. The Morgan fingerprint density at radius 1 is 1.13 bits per heavy atom. The van der Waals surface area contributed by atoms with Crippen molar-refractivity contribution in [3.8, 4) is 17.9 Å². The largest absolute Gasteiger partial charge is 0.493 e. The number of hydrogen-bond donors (Lipinski definition) is 1. The van der Waals surface area contributed by atoms with E-state index in [-0.39, 0.29) is 64.9 Å². The highest BCUT2D eigenvalue weighted by molar-refractivity contribution is 7.89. The molecule has 2 N–H and O–H groups in total. The van der Waals surface area contributed by atoms with Gasteiger partial charge in [-0.1, -0.05) is 11.6 Å². The van der Waals surface area contributed by atoms with Gasteiger partial charge in [-0.15, -0.1) is 0 Å². The molecule has 156 valence electrons. The van der Waals surface area contributed by atoms with Crippen LogP contribution in [0.5, 0.6) is 5.75 Å². The fraction of sp³-hybridized carbons (Fsp3) is 0.300. The van der Waals surface area contributed by atoms with Gasteiger partial charge in [-0.2, -0.15) is 14.8 Å². The number of nitrogens with zero attached hydrogens (tertiary/aromatic N) is 3. The minimum absolute atomic E-state index is 0.0282. The second-order valence-corrected chi connectivity index (χ2v) is 9.24. The van der Waals surface area contributed by atoms with Crippen LogP contribution < -0.4 is 10.5 Å². The van der Waals surface area contributed by atoms with E-state index < -0.39 is 15.8 Å². The molecule has 1 aliphatic heterocycles. The zero-order valence-corrected chi connectivity index (χ0v) is 17.3. The van der Waals surface area contributed by atoms with Crippen molar-refractivity contribution in [3.05, 3.63) is 58.4 Å². The summed E-state index contributed by atoms with van der Waals surface area (Å²) in [6, 6.07) is 11.6. The standard InChI is InChI=1S/C20H18ClFN4O3S/c21-17-2-4-20(14(5-17)8-24)30(27,28)26-10-15(9-25)16(11-26)12-29-18-3-1-13(7-23)19(22)6-18/h1-6,15-16H,9-12,25H2/t15?,16-/m1/s1. The van der Waals surface area contributed by atoms with Crippen LogP contribution in [-0.2, 0) is 10.0 Å². The quantitative estimate of drug-likeness (QED) is 0.724. The van der Waals surface area contributed by atoms with Crippen molar-refractivity contribution >= 4 is 21.6 Å². The first-order valence-corrected chi connectivity index (χ1v) is 10.8. The fourth-order valence-corrected chi connectivity index (χ4v) is 5.23. The van der Waals surface area contributed by atoms with Crippen molar-refractivity contribution in [3.63, 3.8) is 0 Å². The molecule has 2 aromatic carbocycles. The van der Waals surface area contributed by atoms with Gasteiger partial charge in [0.25, 0.3) is 0 Å². The van der Waals surface area contributed by atoms with Crippen LogP contribution in [0.3, 0.4) is 0 Å². The van der Waals surface area contributed by atoms with E-state index >= 15 is 0 Å². The van der Waals surface area contributed by atoms with Crippen LogP contribution in [-0.4, -0.2) is 39.0 Å². The second kappa shape index (κ2) is 8.99. The summed E-state index contributed by atoms with van der Waals surface area (Å²) in [6.45, 7) is 0.705. The number of halogens is 2. The van der Waals surface area contributed by atoms with Crippen molar-refractivity contribution < 1.29 is 17.5 Å². The van der Waals surface area contributed by atoms with E-state index in [0.29, 0.717) is 0 Å². The normalized spacial score (nSPS) is 19.2. The van der Waals surface area contributed by atoms with Crippen LogP contribution in [0.2, 0.25) is 5.02 Å². The zero-order chi connectivity index (χ0) is 21.9. The monoisotopic (exact) mass is 448 g/mol. The molecule has 2 aromatic rings. The Bertz CT molecular complexity index is 1140. The number of hydrogen-bond acceptors (Lipinski definition) is 6. The Hall–Kier alpha value is -2.69. The van der Waals surface area contributed by atoms with E-state index in [1.807, 2.05) is 6.07 Å². The molecule has 0 bridgehead atoms. The van der Waals surface area contributed by atoms with Crippen LogP contribution in [0, 0.1) is 40.3 Å². The Labute approximate surface area is 179 Å². The predicted octanol–water partition coefficient (Wildman–Crippen LogP) is 2.50. The molecule has 2 atom stereocenters.